The van der Waals surface area contributed by atoms with E-state index in [0.29, 0.717) is 25.9 Å². The topological polar surface area (TPSA) is 80.9 Å². The molecule has 0 atom stereocenters. The van der Waals surface area contributed by atoms with Crippen molar-refractivity contribution in [2.24, 2.45) is 5.10 Å². The number of benzene rings is 2. The molecule has 0 unspecified atom stereocenters. The summed E-state index contributed by atoms with van der Waals surface area (Å²) in [6.45, 7) is 0. The molecule has 6 nitrogen and oxygen atoms in total. The molecule has 4 rings (SSSR count). The summed E-state index contributed by atoms with van der Waals surface area (Å²) in [6.07, 6.45) is 1.43. The Kier molecular flexibility index (Phi) is 5.98. The number of thiophene rings is 1. The summed E-state index contributed by atoms with van der Waals surface area (Å²) in [5, 5.41) is 5.09. The Morgan fingerprint density at radius 2 is 1.97 bits per heavy atom. The molecule has 2 aromatic carbocycles. The molecule has 2 aromatic heterocycles. The first-order valence-corrected chi connectivity index (χ1v) is 10.6. The SMILES string of the molecule is O=C(NN=Cc1cccc(OC(=O)c2sc3ccccc3c2Cl)c1)c1ccc(Br)o1. The number of esters is 1. The van der Waals surface area contributed by atoms with Crippen LogP contribution in [0.15, 0.2) is 74.9 Å². The number of hydrogen-bond donors (Lipinski definition) is 1. The van der Waals surface area contributed by atoms with Crippen molar-refractivity contribution in [3.8, 4) is 5.75 Å². The lowest BCUT2D eigenvalue weighted by atomic mass is 10.2. The molecule has 2 heterocycles. The summed E-state index contributed by atoms with van der Waals surface area (Å²) in [6, 6.07) is 17.4. The zero-order valence-electron chi connectivity index (χ0n) is 15.1. The van der Waals surface area contributed by atoms with Crippen molar-refractivity contribution in [1.82, 2.24) is 5.43 Å². The number of nitrogens with one attached hydrogen (secondary N) is 1. The zero-order chi connectivity index (χ0) is 21.1. The Morgan fingerprint density at radius 1 is 1.13 bits per heavy atom. The minimum Gasteiger partial charge on any atom is -0.444 e. The molecule has 0 radical (unpaired) electrons. The van der Waals surface area contributed by atoms with Gasteiger partial charge in [-0.3, -0.25) is 4.79 Å². The Hall–Kier alpha value is -2.94. The summed E-state index contributed by atoms with van der Waals surface area (Å²) in [7, 11) is 0. The van der Waals surface area contributed by atoms with E-state index in [1.54, 1.807) is 30.3 Å². The van der Waals surface area contributed by atoms with Crippen LogP contribution in [0.4, 0.5) is 0 Å². The van der Waals surface area contributed by atoms with Gasteiger partial charge in [-0.1, -0.05) is 41.9 Å². The van der Waals surface area contributed by atoms with Crippen molar-refractivity contribution in [2.45, 2.75) is 0 Å². The van der Waals surface area contributed by atoms with Crippen molar-refractivity contribution >= 4 is 67.0 Å². The van der Waals surface area contributed by atoms with Crippen LogP contribution in [-0.2, 0) is 0 Å². The Bertz CT molecular complexity index is 1280. The van der Waals surface area contributed by atoms with Crippen LogP contribution in [0, 0.1) is 0 Å². The van der Waals surface area contributed by atoms with Crippen LogP contribution in [0.5, 0.6) is 5.75 Å². The Balaban J connectivity index is 1.44. The van der Waals surface area contributed by atoms with Crippen molar-refractivity contribution in [3.63, 3.8) is 0 Å². The number of halogens is 2. The van der Waals surface area contributed by atoms with Gasteiger partial charge in [0.15, 0.2) is 10.4 Å². The third-order valence-corrected chi connectivity index (χ3v) is 6.05. The molecular formula is C21H12BrClN2O4S. The molecule has 0 aliphatic heterocycles. The average molecular weight is 504 g/mol. The Labute approximate surface area is 188 Å². The largest absolute Gasteiger partial charge is 0.444 e. The maximum Gasteiger partial charge on any atom is 0.355 e. The van der Waals surface area contributed by atoms with Gasteiger partial charge in [-0.2, -0.15) is 5.10 Å². The van der Waals surface area contributed by atoms with Crippen LogP contribution >= 0.6 is 38.9 Å². The van der Waals surface area contributed by atoms with Gasteiger partial charge in [-0.05, 0) is 51.8 Å². The summed E-state index contributed by atoms with van der Waals surface area (Å²) >= 11 is 10.7. The zero-order valence-corrected chi connectivity index (χ0v) is 18.3. The summed E-state index contributed by atoms with van der Waals surface area (Å²) in [5.41, 5.74) is 2.99. The van der Waals surface area contributed by atoms with E-state index in [4.69, 9.17) is 20.8 Å². The van der Waals surface area contributed by atoms with Crippen molar-refractivity contribution < 1.29 is 18.7 Å². The van der Waals surface area contributed by atoms with Gasteiger partial charge in [0.05, 0.1) is 11.2 Å². The van der Waals surface area contributed by atoms with Gasteiger partial charge in [-0.25, -0.2) is 10.2 Å². The van der Waals surface area contributed by atoms with Gasteiger partial charge in [-0.15, -0.1) is 11.3 Å². The van der Waals surface area contributed by atoms with E-state index in [-0.39, 0.29) is 5.76 Å². The highest BCUT2D eigenvalue weighted by molar-refractivity contribution is 9.10. The van der Waals surface area contributed by atoms with Gasteiger partial charge >= 0.3 is 11.9 Å². The molecule has 30 heavy (non-hydrogen) atoms. The fraction of sp³-hybridized carbons (Fsp3) is 0. The van der Waals surface area contributed by atoms with E-state index in [1.165, 1.54) is 23.6 Å². The molecule has 9 heteroatoms. The molecule has 0 spiro atoms. The monoisotopic (exact) mass is 502 g/mol. The van der Waals surface area contributed by atoms with Gasteiger partial charge in [0.1, 0.15) is 10.6 Å². The maximum atomic E-state index is 12.6. The van der Waals surface area contributed by atoms with E-state index in [0.717, 1.165) is 10.1 Å². The average Bonchev–Trinajstić information content (AvgIpc) is 3.32. The molecule has 0 saturated heterocycles. The first-order valence-electron chi connectivity index (χ1n) is 8.59. The Morgan fingerprint density at radius 3 is 2.73 bits per heavy atom. The number of amides is 1. The van der Waals surface area contributed by atoms with Crippen LogP contribution in [0.1, 0.15) is 25.8 Å². The maximum absolute atomic E-state index is 12.6. The second-order valence-corrected chi connectivity index (χ2v) is 8.22. The number of carbonyl (C=O) groups is 2. The number of ether oxygens (including phenoxy) is 1. The number of hydrazone groups is 1. The highest BCUT2D eigenvalue weighted by Gasteiger charge is 2.19. The van der Waals surface area contributed by atoms with Gasteiger partial charge < -0.3 is 9.15 Å². The third-order valence-electron chi connectivity index (χ3n) is 3.97. The lowest BCUT2D eigenvalue weighted by Crippen LogP contribution is -2.16. The van der Waals surface area contributed by atoms with E-state index in [1.807, 2.05) is 24.3 Å². The fourth-order valence-electron chi connectivity index (χ4n) is 2.61. The van der Waals surface area contributed by atoms with Crippen LogP contribution < -0.4 is 10.2 Å². The van der Waals surface area contributed by atoms with Crippen LogP contribution in [0.25, 0.3) is 10.1 Å². The molecule has 0 aliphatic carbocycles. The van der Waals surface area contributed by atoms with Crippen molar-refractivity contribution in [2.75, 3.05) is 0 Å². The van der Waals surface area contributed by atoms with Crippen molar-refractivity contribution in [3.05, 3.63) is 86.6 Å². The minimum atomic E-state index is -0.535. The van der Waals surface area contributed by atoms with Crippen molar-refractivity contribution in [1.29, 1.82) is 0 Å². The van der Waals surface area contributed by atoms with Gasteiger partial charge in [0.25, 0.3) is 0 Å². The smallest absolute Gasteiger partial charge is 0.355 e. The molecule has 0 saturated carbocycles. The summed E-state index contributed by atoms with van der Waals surface area (Å²) in [4.78, 5) is 24.8. The number of fused-ring (bicyclic) bond motifs is 1. The molecule has 1 amide bonds. The molecule has 0 aliphatic rings. The highest BCUT2D eigenvalue weighted by atomic mass is 79.9. The third kappa shape index (κ3) is 4.46. The highest BCUT2D eigenvalue weighted by Crippen LogP contribution is 2.35. The predicted molar refractivity (Wildman–Crippen MR) is 120 cm³/mol. The first kappa shape index (κ1) is 20.3. The van der Waals surface area contributed by atoms with E-state index >= 15 is 0 Å². The normalized spacial score (nSPS) is 11.1. The molecule has 150 valence electrons. The molecule has 0 bridgehead atoms. The van der Waals surface area contributed by atoms with Crippen LogP contribution in [0.2, 0.25) is 5.02 Å². The number of rotatable bonds is 5. The molecule has 1 N–H and O–H groups in total. The second-order valence-electron chi connectivity index (χ2n) is 6.01. The standard InChI is InChI=1S/C21H12BrClN2O4S/c22-17-9-8-15(29-17)20(26)25-24-11-12-4-3-5-13(10-12)28-21(27)19-18(23)14-6-1-2-7-16(14)30-19/h1-11H,(H,25,26). The van der Waals surface area contributed by atoms with Gasteiger partial charge in [0.2, 0.25) is 0 Å². The number of nitrogens with zero attached hydrogens (tertiary/aromatic N) is 1. The second kappa shape index (κ2) is 8.83. The summed E-state index contributed by atoms with van der Waals surface area (Å²) in [5.74, 6) is -0.563. The fourth-order valence-corrected chi connectivity index (χ4v) is 4.31. The lowest BCUT2D eigenvalue weighted by molar-refractivity contribution is 0.0740. The number of carbonyl (C=O) groups excluding carboxylic acids is 2. The van der Waals surface area contributed by atoms with Crippen LogP contribution in [-0.4, -0.2) is 18.1 Å². The van der Waals surface area contributed by atoms with Gasteiger partial charge in [0, 0.05) is 10.1 Å². The number of hydrogen-bond acceptors (Lipinski definition) is 6. The molecule has 4 aromatic rings. The predicted octanol–water partition coefficient (Wildman–Crippen LogP) is 5.89. The van der Waals surface area contributed by atoms with Crippen LogP contribution in [0.3, 0.4) is 0 Å². The summed E-state index contributed by atoms with van der Waals surface area (Å²) < 4.78 is 12.0. The van der Waals surface area contributed by atoms with E-state index in [9.17, 15) is 9.59 Å². The molecular weight excluding hydrogens is 492 g/mol. The number of furan rings is 1. The lowest BCUT2D eigenvalue weighted by Gasteiger charge is -2.04. The van der Waals surface area contributed by atoms with E-state index in [2.05, 4.69) is 26.5 Å². The first-order chi connectivity index (χ1) is 14.5. The quantitative estimate of drug-likeness (QED) is 0.159. The minimum absolute atomic E-state index is 0.127. The molecule has 0 fully saturated rings. The van der Waals surface area contributed by atoms with E-state index < -0.39 is 11.9 Å².